The number of nitrogens with two attached hydrogens (primary N) is 1. The number of nitrogen functional groups attached to an aromatic ring is 1. The lowest BCUT2D eigenvalue weighted by Crippen LogP contribution is -2.22. The summed E-state index contributed by atoms with van der Waals surface area (Å²) >= 11 is 6.07. The van der Waals surface area contributed by atoms with Crippen LogP contribution in [0.4, 0.5) is 5.82 Å². The van der Waals surface area contributed by atoms with Crippen molar-refractivity contribution in [3.8, 4) is 16.9 Å². The van der Waals surface area contributed by atoms with Crippen LogP contribution >= 0.6 is 11.6 Å². The predicted molar refractivity (Wildman–Crippen MR) is 80.8 cm³/mol. The average Bonchev–Trinajstić information content (AvgIpc) is 2.70. The van der Waals surface area contributed by atoms with Gasteiger partial charge in [-0.05, 0) is 45.0 Å². The molecule has 0 atom stereocenters. The van der Waals surface area contributed by atoms with Gasteiger partial charge in [0.25, 0.3) is 0 Å². The number of ether oxygens (including phenoxy) is 1. The molecule has 0 unspecified atom stereocenters. The Balaban J connectivity index is 2.60. The molecule has 0 fully saturated rings. The van der Waals surface area contributed by atoms with Crippen LogP contribution in [-0.2, 0) is 5.54 Å². The molecule has 0 aliphatic heterocycles. The molecular formula is C15H19ClN2O. The van der Waals surface area contributed by atoms with Crippen LogP contribution in [0.2, 0.25) is 5.02 Å². The van der Waals surface area contributed by atoms with E-state index in [1.165, 1.54) is 0 Å². The molecule has 0 bridgehead atoms. The standard InChI is InChI=1S/C15H19ClN2O/c1-15(2,3)18-8-7-11(14(18)17)12-9-10(16)5-6-13(12)19-4/h5-9H,17H2,1-4H3. The Hall–Kier alpha value is -1.61. The van der Waals surface area contributed by atoms with E-state index in [1.54, 1.807) is 13.2 Å². The van der Waals surface area contributed by atoms with E-state index in [9.17, 15) is 0 Å². The first kappa shape index (κ1) is 13.8. The first-order chi connectivity index (χ1) is 8.84. The van der Waals surface area contributed by atoms with Crippen LogP contribution in [0.1, 0.15) is 20.8 Å². The highest BCUT2D eigenvalue weighted by molar-refractivity contribution is 6.31. The van der Waals surface area contributed by atoms with Crippen LogP contribution < -0.4 is 10.5 Å². The average molecular weight is 279 g/mol. The Morgan fingerprint density at radius 1 is 1.16 bits per heavy atom. The molecule has 2 rings (SSSR count). The number of hydrogen-bond donors (Lipinski definition) is 1. The molecule has 3 nitrogen and oxygen atoms in total. The summed E-state index contributed by atoms with van der Waals surface area (Å²) in [4.78, 5) is 0. The molecule has 1 aromatic heterocycles. The molecule has 0 aliphatic carbocycles. The van der Waals surface area contributed by atoms with Gasteiger partial charge in [0.1, 0.15) is 11.6 Å². The fourth-order valence-electron chi connectivity index (χ4n) is 2.15. The van der Waals surface area contributed by atoms with Crippen LogP contribution in [-0.4, -0.2) is 11.7 Å². The van der Waals surface area contributed by atoms with Gasteiger partial charge in [0.15, 0.2) is 0 Å². The maximum absolute atomic E-state index is 6.26. The zero-order valence-corrected chi connectivity index (χ0v) is 12.5. The highest BCUT2D eigenvalue weighted by Crippen LogP contribution is 2.37. The lowest BCUT2D eigenvalue weighted by atomic mass is 10.1. The maximum atomic E-state index is 6.26. The fraction of sp³-hybridized carbons (Fsp3) is 0.333. The van der Waals surface area contributed by atoms with Crippen molar-refractivity contribution < 1.29 is 4.74 Å². The highest BCUT2D eigenvalue weighted by atomic mass is 35.5. The van der Waals surface area contributed by atoms with Crippen LogP contribution in [0.5, 0.6) is 5.75 Å². The number of methoxy groups -OCH3 is 1. The predicted octanol–water partition coefficient (Wildman–Crippen LogP) is 4.15. The molecule has 1 aromatic carbocycles. The summed E-state index contributed by atoms with van der Waals surface area (Å²) in [5.74, 6) is 1.48. The van der Waals surface area contributed by atoms with Crippen molar-refractivity contribution in [2.45, 2.75) is 26.3 Å². The molecule has 2 N–H and O–H groups in total. The summed E-state index contributed by atoms with van der Waals surface area (Å²) in [5, 5.41) is 0.665. The van der Waals surface area contributed by atoms with Gasteiger partial charge in [0.2, 0.25) is 0 Å². The zero-order chi connectivity index (χ0) is 14.2. The van der Waals surface area contributed by atoms with Gasteiger partial charge in [-0.1, -0.05) is 11.6 Å². The molecular weight excluding hydrogens is 260 g/mol. The number of benzene rings is 1. The summed E-state index contributed by atoms with van der Waals surface area (Å²) in [5.41, 5.74) is 8.05. The van der Waals surface area contributed by atoms with E-state index in [2.05, 4.69) is 20.8 Å². The third-order valence-corrected chi connectivity index (χ3v) is 3.34. The van der Waals surface area contributed by atoms with E-state index >= 15 is 0 Å². The first-order valence-corrected chi connectivity index (χ1v) is 6.53. The van der Waals surface area contributed by atoms with Gasteiger partial charge in [0.05, 0.1) is 7.11 Å². The lowest BCUT2D eigenvalue weighted by molar-refractivity contribution is 0.404. The Morgan fingerprint density at radius 2 is 1.84 bits per heavy atom. The number of hydrogen-bond acceptors (Lipinski definition) is 2. The molecule has 4 heteroatoms. The van der Waals surface area contributed by atoms with Gasteiger partial charge in [-0.25, -0.2) is 0 Å². The second kappa shape index (κ2) is 4.82. The summed E-state index contributed by atoms with van der Waals surface area (Å²) in [6.45, 7) is 6.34. The summed E-state index contributed by atoms with van der Waals surface area (Å²) in [7, 11) is 1.64. The maximum Gasteiger partial charge on any atom is 0.126 e. The SMILES string of the molecule is COc1ccc(Cl)cc1-c1ccn(C(C)(C)C)c1N. The second-order valence-electron chi connectivity index (χ2n) is 5.50. The minimum Gasteiger partial charge on any atom is -0.496 e. The monoisotopic (exact) mass is 278 g/mol. The number of nitrogens with zero attached hydrogens (tertiary/aromatic N) is 1. The Morgan fingerprint density at radius 3 is 2.37 bits per heavy atom. The van der Waals surface area contributed by atoms with Crippen molar-refractivity contribution in [2.24, 2.45) is 0 Å². The van der Waals surface area contributed by atoms with E-state index < -0.39 is 0 Å². The van der Waals surface area contributed by atoms with E-state index in [1.807, 2.05) is 29.0 Å². The number of anilines is 1. The summed E-state index contributed by atoms with van der Waals surface area (Å²) in [6, 6.07) is 7.53. The molecule has 0 amide bonds. The largest absolute Gasteiger partial charge is 0.496 e. The number of halogens is 1. The molecule has 1 heterocycles. The molecule has 0 aliphatic rings. The smallest absolute Gasteiger partial charge is 0.126 e. The summed E-state index contributed by atoms with van der Waals surface area (Å²) < 4.78 is 7.43. The van der Waals surface area contributed by atoms with E-state index in [0.717, 1.165) is 16.9 Å². The van der Waals surface area contributed by atoms with Crippen molar-refractivity contribution in [3.63, 3.8) is 0 Å². The molecule has 0 radical (unpaired) electrons. The van der Waals surface area contributed by atoms with Crippen LogP contribution in [0.3, 0.4) is 0 Å². The highest BCUT2D eigenvalue weighted by Gasteiger charge is 2.19. The van der Waals surface area contributed by atoms with Gasteiger partial charge in [-0.2, -0.15) is 0 Å². The molecule has 102 valence electrons. The summed E-state index contributed by atoms with van der Waals surface area (Å²) in [6.07, 6.45) is 1.99. The van der Waals surface area contributed by atoms with Gasteiger partial charge < -0.3 is 15.0 Å². The van der Waals surface area contributed by atoms with Gasteiger partial charge in [-0.15, -0.1) is 0 Å². The molecule has 19 heavy (non-hydrogen) atoms. The molecule has 2 aromatic rings. The zero-order valence-electron chi connectivity index (χ0n) is 11.7. The second-order valence-corrected chi connectivity index (χ2v) is 5.94. The van der Waals surface area contributed by atoms with Crippen molar-refractivity contribution in [1.29, 1.82) is 0 Å². The molecule has 0 saturated heterocycles. The lowest BCUT2D eigenvalue weighted by Gasteiger charge is -2.23. The first-order valence-electron chi connectivity index (χ1n) is 6.16. The minimum atomic E-state index is -0.0614. The molecule has 0 saturated carbocycles. The van der Waals surface area contributed by atoms with Crippen molar-refractivity contribution >= 4 is 17.4 Å². The van der Waals surface area contributed by atoms with E-state index in [-0.39, 0.29) is 5.54 Å². The van der Waals surface area contributed by atoms with Gasteiger partial charge >= 0.3 is 0 Å². The third-order valence-electron chi connectivity index (χ3n) is 3.10. The third kappa shape index (κ3) is 2.56. The quantitative estimate of drug-likeness (QED) is 0.896. The van der Waals surface area contributed by atoms with Crippen molar-refractivity contribution in [1.82, 2.24) is 4.57 Å². The topological polar surface area (TPSA) is 40.2 Å². The van der Waals surface area contributed by atoms with Crippen LogP contribution in [0, 0.1) is 0 Å². The Kier molecular flexibility index (Phi) is 3.50. The van der Waals surface area contributed by atoms with E-state index in [0.29, 0.717) is 10.8 Å². The normalized spacial score (nSPS) is 11.6. The number of aromatic nitrogens is 1. The molecule has 0 spiro atoms. The van der Waals surface area contributed by atoms with E-state index in [4.69, 9.17) is 22.1 Å². The van der Waals surface area contributed by atoms with Crippen LogP contribution in [0.15, 0.2) is 30.5 Å². The van der Waals surface area contributed by atoms with Crippen molar-refractivity contribution in [3.05, 3.63) is 35.5 Å². The van der Waals surface area contributed by atoms with Gasteiger partial charge in [0, 0.05) is 27.9 Å². The number of rotatable bonds is 2. The fourth-order valence-corrected chi connectivity index (χ4v) is 2.32. The Labute approximate surface area is 118 Å². The Bertz CT molecular complexity index is 597. The van der Waals surface area contributed by atoms with Gasteiger partial charge in [-0.3, -0.25) is 0 Å². The minimum absolute atomic E-state index is 0.0614. The van der Waals surface area contributed by atoms with Crippen LogP contribution in [0.25, 0.3) is 11.1 Å². The van der Waals surface area contributed by atoms with Crippen molar-refractivity contribution in [2.75, 3.05) is 12.8 Å².